The fourth-order valence-corrected chi connectivity index (χ4v) is 4.45. The van der Waals surface area contributed by atoms with Crippen molar-refractivity contribution in [2.75, 3.05) is 26.2 Å². The molecule has 1 fully saturated rings. The number of hydrogen-bond donors (Lipinski definition) is 0. The lowest BCUT2D eigenvalue weighted by atomic mass is 10.2. The number of nitro benzene ring substituents is 1. The van der Waals surface area contributed by atoms with E-state index in [9.17, 15) is 23.3 Å². The van der Waals surface area contributed by atoms with Crippen LogP contribution in [0.5, 0.6) is 0 Å². The van der Waals surface area contributed by atoms with Crippen LogP contribution in [-0.2, 0) is 10.0 Å². The maximum atomic E-state index is 12.8. The number of nitrogens with zero attached hydrogens (tertiary/aromatic N) is 3. The molecule has 9 nitrogen and oxygen atoms in total. The van der Waals surface area contributed by atoms with Gasteiger partial charge in [0.05, 0.1) is 16.7 Å². The van der Waals surface area contributed by atoms with Gasteiger partial charge in [0, 0.05) is 32.2 Å². The second-order valence-corrected chi connectivity index (χ2v) is 7.72. The molecule has 1 aliphatic heterocycles. The van der Waals surface area contributed by atoms with Crippen molar-refractivity contribution in [3.05, 3.63) is 58.0 Å². The van der Waals surface area contributed by atoms with E-state index in [-0.39, 0.29) is 37.0 Å². The molecule has 0 bridgehead atoms. The maximum Gasteiger partial charge on any atom is 0.289 e. The lowest BCUT2D eigenvalue weighted by molar-refractivity contribution is -0.387. The summed E-state index contributed by atoms with van der Waals surface area (Å²) >= 11 is 0. The number of piperazine rings is 1. The van der Waals surface area contributed by atoms with Crippen LogP contribution in [0.3, 0.4) is 0 Å². The van der Waals surface area contributed by atoms with Crippen molar-refractivity contribution in [1.29, 1.82) is 0 Å². The average molecular weight is 379 g/mol. The topological polar surface area (TPSA) is 114 Å². The van der Waals surface area contributed by atoms with E-state index in [0.29, 0.717) is 11.3 Å². The summed E-state index contributed by atoms with van der Waals surface area (Å²) in [5.74, 6) is 0.281. The molecule has 0 atom stereocenters. The quantitative estimate of drug-likeness (QED) is 0.589. The molecule has 1 amide bonds. The average Bonchev–Trinajstić information content (AvgIpc) is 3.07. The Morgan fingerprint density at radius 2 is 1.81 bits per heavy atom. The summed E-state index contributed by atoms with van der Waals surface area (Å²) in [4.78, 5) is 24.1. The van der Waals surface area contributed by atoms with Gasteiger partial charge in [-0.05, 0) is 19.1 Å². The monoisotopic (exact) mass is 379 g/mol. The Bertz CT molecular complexity index is 944. The van der Waals surface area contributed by atoms with Crippen LogP contribution in [-0.4, -0.2) is 54.6 Å². The highest BCUT2D eigenvalue weighted by atomic mass is 32.2. The van der Waals surface area contributed by atoms with Crippen molar-refractivity contribution in [2.24, 2.45) is 0 Å². The standard InChI is InChI=1S/C16H17N3O6S/c1-12-13(6-11-25-12)16(20)17-7-9-18(10-8-17)26(23,24)15-5-3-2-4-14(15)19(21)22/h2-6,11H,7-10H2,1H3. The SMILES string of the molecule is Cc1occc1C(=O)N1CCN(S(=O)(=O)c2ccccc2[N+](=O)[O-])CC1. The minimum absolute atomic E-state index is 0.0665. The first-order valence-electron chi connectivity index (χ1n) is 7.89. The predicted molar refractivity (Wildman–Crippen MR) is 91.2 cm³/mol. The summed E-state index contributed by atoms with van der Waals surface area (Å²) < 4.78 is 31.8. The summed E-state index contributed by atoms with van der Waals surface area (Å²) in [6.45, 7) is 2.21. The van der Waals surface area contributed by atoms with E-state index in [0.717, 1.165) is 6.07 Å². The van der Waals surface area contributed by atoms with Gasteiger partial charge in [-0.15, -0.1) is 0 Å². The highest BCUT2D eigenvalue weighted by molar-refractivity contribution is 7.89. The molecule has 138 valence electrons. The largest absolute Gasteiger partial charge is 0.469 e. The third-order valence-electron chi connectivity index (χ3n) is 4.29. The van der Waals surface area contributed by atoms with Crippen LogP contribution >= 0.6 is 0 Å². The van der Waals surface area contributed by atoms with Crippen LogP contribution in [0, 0.1) is 17.0 Å². The first-order chi connectivity index (χ1) is 12.3. The van der Waals surface area contributed by atoms with Crippen molar-refractivity contribution in [1.82, 2.24) is 9.21 Å². The molecule has 2 aromatic rings. The van der Waals surface area contributed by atoms with E-state index in [1.54, 1.807) is 17.9 Å². The molecule has 2 heterocycles. The van der Waals surface area contributed by atoms with E-state index >= 15 is 0 Å². The Morgan fingerprint density at radius 1 is 1.15 bits per heavy atom. The first kappa shape index (κ1) is 18.1. The van der Waals surface area contributed by atoms with E-state index in [1.807, 2.05) is 0 Å². The van der Waals surface area contributed by atoms with Crippen LogP contribution < -0.4 is 0 Å². The van der Waals surface area contributed by atoms with Gasteiger partial charge in [0.25, 0.3) is 11.6 Å². The number of para-hydroxylation sites is 1. The van der Waals surface area contributed by atoms with Crippen molar-refractivity contribution >= 4 is 21.6 Å². The second-order valence-electron chi connectivity index (χ2n) is 5.81. The van der Waals surface area contributed by atoms with Crippen LogP contribution in [0.4, 0.5) is 5.69 Å². The number of hydrogen-bond acceptors (Lipinski definition) is 6. The molecule has 10 heteroatoms. The molecular formula is C16H17N3O6S. The van der Waals surface area contributed by atoms with Gasteiger partial charge < -0.3 is 9.32 Å². The number of amides is 1. The normalized spacial score (nSPS) is 15.8. The number of aryl methyl sites for hydroxylation is 1. The Kier molecular flexibility index (Phi) is 4.79. The molecule has 0 saturated carbocycles. The molecular weight excluding hydrogens is 362 g/mol. The molecule has 1 aromatic carbocycles. The minimum Gasteiger partial charge on any atom is -0.469 e. The third kappa shape index (κ3) is 3.20. The smallest absolute Gasteiger partial charge is 0.289 e. The highest BCUT2D eigenvalue weighted by Gasteiger charge is 2.34. The molecule has 1 saturated heterocycles. The molecule has 0 unspecified atom stereocenters. The zero-order chi connectivity index (χ0) is 18.9. The fraction of sp³-hybridized carbons (Fsp3) is 0.312. The number of nitro groups is 1. The van der Waals surface area contributed by atoms with Gasteiger partial charge >= 0.3 is 0 Å². The van der Waals surface area contributed by atoms with Gasteiger partial charge in [-0.25, -0.2) is 8.42 Å². The molecule has 0 aliphatic carbocycles. The molecule has 1 aromatic heterocycles. The van der Waals surface area contributed by atoms with Crippen LogP contribution in [0.25, 0.3) is 0 Å². The zero-order valence-corrected chi connectivity index (χ0v) is 14.8. The molecule has 0 radical (unpaired) electrons. The number of rotatable bonds is 4. The Labute approximate surface area is 150 Å². The third-order valence-corrected chi connectivity index (χ3v) is 6.24. The lowest BCUT2D eigenvalue weighted by Gasteiger charge is -2.33. The van der Waals surface area contributed by atoms with Gasteiger partial charge in [-0.2, -0.15) is 4.31 Å². The number of carbonyl (C=O) groups excluding carboxylic acids is 1. The van der Waals surface area contributed by atoms with Crippen molar-refractivity contribution in [2.45, 2.75) is 11.8 Å². The molecule has 26 heavy (non-hydrogen) atoms. The lowest BCUT2D eigenvalue weighted by Crippen LogP contribution is -2.50. The van der Waals surface area contributed by atoms with Crippen molar-refractivity contribution < 1.29 is 22.6 Å². The van der Waals surface area contributed by atoms with E-state index in [1.165, 1.54) is 28.8 Å². The second kappa shape index (κ2) is 6.89. The molecule has 0 N–H and O–H groups in total. The van der Waals surface area contributed by atoms with Crippen LogP contribution in [0.2, 0.25) is 0 Å². The maximum absolute atomic E-state index is 12.8. The van der Waals surface area contributed by atoms with E-state index < -0.39 is 20.6 Å². The van der Waals surface area contributed by atoms with Crippen LogP contribution in [0.1, 0.15) is 16.1 Å². The van der Waals surface area contributed by atoms with Gasteiger partial charge in [-0.3, -0.25) is 14.9 Å². The van der Waals surface area contributed by atoms with Crippen molar-refractivity contribution in [3.8, 4) is 0 Å². The Hall–Kier alpha value is -2.72. The van der Waals surface area contributed by atoms with E-state index in [4.69, 9.17) is 4.42 Å². The molecule has 0 spiro atoms. The summed E-state index contributed by atoms with van der Waals surface area (Å²) in [5, 5.41) is 11.1. The molecule has 3 rings (SSSR count). The van der Waals surface area contributed by atoms with Gasteiger partial charge in [0.15, 0.2) is 4.90 Å². The summed E-state index contributed by atoms with van der Waals surface area (Å²) in [6, 6.07) is 6.82. The van der Waals surface area contributed by atoms with Crippen molar-refractivity contribution in [3.63, 3.8) is 0 Å². The van der Waals surface area contributed by atoms with Crippen LogP contribution in [0.15, 0.2) is 45.9 Å². The summed E-state index contributed by atoms with van der Waals surface area (Å²) in [6.07, 6.45) is 1.43. The Morgan fingerprint density at radius 3 is 2.38 bits per heavy atom. The minimum atomic E-state index is -4.01. The predicted octanol–water partition coefficient (Wildman–Crippen LogP) is 1.64. The highest BCUT2D eigenvalue weighted by Crippen LogP contribution is 2.27. The van der Waals surface area contributed by atoms with Gasteiger partial charge in [-0.1, -0.05) is 12.1 Å². The molecule has 1 aliphatic rings. The van der Waals surface area contributed by atoms with Gasteiger partial charge in [0.1, 0.15) is 5.76 Å². The fourth-order valence-electron chi connectivity index (χ4n) is 2.87. The summed E-state index contributed by atoms with van der Waals surface area (Å²) in [7, 11) is -4.01. The van der Waals surface area contributed by atoms with E-state index in [2.05, 4.69) is 0 Å². The summed E-state index contributed by atoms with van der Waals surface area (Å²) in [5.41, 5.74) is -0.0139. The number of benzene rings is 1. The zero-order valence-electron chi connectivity index (χ0n) is 14.0. The first-order valence-corrected chi connectivity index (χ1v) is 9.33. The van der Waals surface area contributed by atoms with Gasteiger partial charge in [0.2, 0.25) is 10.0 Å². The number of carbonyl (C=O) groups is 1. The Balaban J connectivity index is 1.77. The number of sulfonamides is 1. The number of furan rings is 1.